The molecule has 5 rings (SSSR count). The number of aromatic nitrogens is 7. The molecule has 0 atom stereocenters. The van der Waals surface area contributed by atoms with Crippen molar-refractivity contribution in [1.29, 1.82) is 0 Å². The van der Waals surface area contributed by atoms with E-state index in [9.17, 15) is 5.11 Å². The number of benzene rings is 1. The fraction of sp³-hybridized carbons (Fsp3) is 0.240. The molecule has 0 saturated carbocycles. The summed E-state index contributed by atoms with van der Waals surface area (Å²) < 4.78 is 14.6. The summed E-state index contributed by atoms with van der Waals surface area (Å²) in [4.78, 5) is 20.7. The molecular weight excluding hydrogens is 460 g/mol. The molecule has 11 heteroatoms. The van der Waals surface area contributed by atoms with E-state index in [1.165, 1.54) is 0 Å². The van der Waals surface area contributed by atoms with E-state index in [2.05, 4.69) is 15.1 Å². The Bertz CT molecular complexity index is 1470. The molecule has 36 heavy (non-hydrogen) atoms. The van der Waals surface area contributed by atoms with Gasteiger partial charge in [-0.2, -0.15) is 5.10 Å². The largest absolute Gasteiger partial charge is 0.497 e. The molecule has 0 amide bonds. The van der Waals surface area contributed by atoms with Gasteiger partial charge in [-0.05, 0) is 12.1 Å². The monoisotopic (exact) mass is 486 g/mol. The van der Waals surface area contributed by atoms with Crippen molar-refractivity contribution in [2.24, 2.45) is 7.05 Å². The smallest absolute Gasteiger partial charge is 0.180 e. The van der Waals surface area contributed by atoms with Crippen molar-refractivity contribution in [3.05, 3.63) is 67.1 Å². The zero-order chi connectivity index (χ0) is 25.1. The first-order chi connectivity index (χ1) is 17.6. The van der Waals surface area contributed by atoms with Gasteiger partial charge in [0, 0.05) is 55.9 Å². The zero-order valence-electron chi connectivity index (χ0n) is 20.2. The van der Waals surface area contributed by atoms with E-state index < -0.39 is 0 Å². The summed E-state index contributed by atoms with van der Waals surface area (Å²) in [6.07, 6.45) is 8.91. The lowest BCUT2D eigenvalue weighted by Gasteiger charge is -2.25. The topological polar surface area (TPSA) is 116 Å². The Morgan fingerprint density at radius 3 is 2.50 bits per heavy atom. The highest BCUT2D eigenvalue weighted by atomic mass is 16.5. The second-order valence-electron chi connectivity index (χ2n) is 8.09. The zero-order valence-corrected chi connectivity index (χ0v) is 20.2. The lowest BCUT2D eigenvalue weighted by atomic mass is 10.2. The third-order valence-electron chi connectivity index (χ3n) is 5.76. The predicted molar refractivity (Wildman–Crippen MR) is 134 cm³/mol. The van der Waals surface area contributed by atoms with Crippen molar-refractivity contribution in [3.8, 4) is 22.8 Å². The van der Waals surface area contributed by atoms with Gasteiger partial charge in [0.1, 0.15) is 28.7 Å². The maximum Gasteiger partial charge on any atom is 0.180 e. The summed E-state index contributed by atoms with van der Waals surface area (Å²) in [5.41, 5.74) is 3.53. The number of methoxy groups -OCH3 is 2. The van der Waals surface area contributed by atoms with Crippen LogP contribution < -0.4 is 14.4 Å². The Labute approximate surface area is 207 Å². The van der Waals surface area contributed by atoms with Gasteiger partial charge in [-0.1, -0.05) is 0 Å². The normalized spacial score (nSPS) is 11.1. The number of hydrogen-bond donors (Lipinski definition) is 1. The van der Waals surface area contributed by atoms with Crippen molar-refractivity contribution in [2.75, 3.05) is 25.7 Å². The molecule has 0 aliphatic heterocycles. The number of aryl methyl sites for hydroxylation is 1. The van der Waals surface area contributed by atoms with E-state index >= 15 is 0 Å². The number of hydrogen-bond acceptors (Lipinski definition) is 9. The first kappa shape index (κ1) is 23.2. The number of rotatable bonds is 9. The summed E-state index contributed by atoms with van der Waals surface area (Å²) in [7, 11) is 5.08. The Morgan fingerprint density at radius 2 is 1.81 bits per heavy atom. The van der Waals surface area contributed by atoms with Gasteiger partial charge in [0.05, 0.1) is 51.1 Å². The molecule has 4 aromatic heterocycles. The van der Waals surface area contributed by atoms with Gasteiger partial charge in [0.2, 0.25) is 0 Å². The van der Waals surface area contributed by atoms with Crippen molar-refractivity contribution in [1.82, 2.24) is 34.3 Å². The number of fused-ring (bicyclic) bond motifs is 1. The molecule has 1 aromatic carbocycles. The van der Waals surface area contributed by atoms with Crippen LogP contribution in [0.2, 0.25) is 0 Å². The highest BCUT2D eigenvalue weighted by Gasteiger charge is 2.18. The summed E-state index contributed by atoms with van der Waals surface area (Å²) >= 11 is 0. The maximum absolute atomic E-state index is 9.48. The minimum atomic E-state index is 0.0112. The van der Waals surface area contributed by atoms with Crippen LogP contribution in [-0.4, -0.2) is 60.2 Å². The molecule has 1 N–H and O–H groups in total. The number of nitrogens with zero attached hydrogens (tertiary/aromatic N) is 8. The molecule has 184 valence electrons. The van der Waals surface area contributed by atoms with Crippen LogP contribution in [0.3, 0.4) is 0 Å². The highest BCUT2D eigenvalue weighted by Crippen LogP contribution is 2.34. The van der Waals surface area contributed by atoms with Gasteiger partial charge in [-0.25, -0.2) is 15.0 Å². The summed E-state index contributed by atoms with van der Waals surface area (Å²) in [6, 6.07) is 9.42. The summed E-state index contributed by atoms with van der Waals surface area (Å²) in [5.74, 6) is 2.71. The van der Waals surface area contributed by atoms with E-state index in [0.717, 1.165) is 17.1 Å². The number of aliphatic hydroxyl groups is 1. The van der Waals surface area contributed by atoms with Crippen LogP contribution in [0.4, 0.5) is 11.5 Å². The van der Waals surface area contributed by atoms with Crippen LogP contribution in [0.5, 0.6) is 11.5 Å². The fourth-order valence-electron chi connectivity index (χ4n) is 3.93. The van der Waals surface area contributed by atoms with E-state index in [4.69, 9.17) is 19.4 Å². The first-order valence-electron chi connectivity index (χ1n) is 11.3. The summed E-state index contributed by atoms with van der Waals surface area (Å²) in [6.45, 7) is 0.838. The molecule has 0 aliphatic rings. The van der Waals surface area contributed by atoms with Gasteiger partial charge in [-0.15, -0.1) is 0 Å². The van der Waals surface area contributed by atoms with E-state index in [1.54, 1.807) is 37.5 Å². The maximum atomic E-state index is 9.48. The van der Waals surface area contributed by atoms with Gasteiger partial charge in [0.25, 0.3) is 0 Å². The van der Waals surface area contributed by atoms with Crippen LogP contribution in [-0.2, 0) is 20.1 Å². The Morgan fingerprint density at radius 1 is 1.00 bits per heavy atom. The predicted octanol–water partition coefficient (Wildman–Crippen LogP) is 2.97. The van der Waals surface area contributed by atoms with Crippen molar-refractivity contribution < 1.29 is 14.6 Å². The molecule has 11 nitrogen and oxygen atoms in total. The molecular formula is C25H26N8O3. The molecule has 0 unspecified atom stereocenters. The van der Waals surface area contributed by atoms with Gasteiger partial charge < -0.3 is 24.0 Å². The minimum Gasteiger partial charge on any atom is -0.497 e. The SMILES string of the molecule is COc1cc(OC)cc(N(Cc2nccn2CCO)c2ccc3ncc(-c4cnn(C)c4)nc3n2)c1. The number of ether oxygens (including phenoxy) is 2. The Balaban J connectivity index is 1.62. The molecule has 0 saturated heterocycles. The van der Waals surface area contributed by atoms with Crippen LogP contribution in [0.15, 0.2) is 61.3 Å². The average molecular weight is 487 g/mol. The standard InChI is InChI=1S/C25H26N8O3/c1-31-15-17(13-28-31)22-14-27-21-4-5-23(30-25(21)29-22)33(16-24-26-6-7-32(24)8-9-34)18-10-19(35-2)12-20(11-18)36-3/h4-7,10-15,34H,8-9,16H2,1-3H3. The van der Waals surface area contributed by atoms with Gasteiger partial charge in [-0.3, -0.25) is 9.67 Å². The third kappa shape index (κ3) is 4.68. The van der Waals surface area contributed by atoms with E-state index in [-0.39, 0.29) is 6.61 Å². The molecule has 0 fully saturated rings. The third-order valence-corrected chi connectivity index (χ3v) is 5.76. The molecule has 5 aromatic rings. The average Bonchev–Trinajstić information content (AvgIpc) is 3.55. The van der Waals surface area contributed by atoms with E-state index in [0.29, 0.717) is 47.3 Å². The second kappa shape index (κ2) is 10.0. The van der Waals surface area contributed by atoms with Crippen LogP contribution in [0, 0.1) is 0 Å². The quantitative estimate of drug-likeness (QED) is 0.336. The first-order valence-corrected chi connectivity index (χ1v) is 11.3. The van der Waals surface area contributed by atoms with Crippen LogP contribution in [0.1, 0.15) is 5.82 Å². The highest BCUT2D eigenvalue weighted by molar-refractivity contribution is 5.77. The van der Waals surface area contributed by atoms with Crippen molar-refractivity contribution in [3.63, 3.8) is 0 Å². The molecule has 0 bridgehead atoms. The number of aliphatic hydroxyl groups excluding tert-OH is 1. The van der Waals surface area contributed by atoms with Crippen molar-refractivity contribution in [2.45, 2.75) is 13.1 Å². The van der Waals surface area contributed by atoms with Crippen molar-refractivity contribution >= 4 is 22.7 Å². The minimum absolute atomic E-state index is 0.0112. The Kier molecular flexibility index (Phi) is 6.46. The summed E-state index contributed by atoms with van der Waals surface area (Å²) in [5, 5.41) is 13.7. The molecule has 0 aliphatic carbocycles. The second-order valence-corrected chi connectivity index (χ2v) is 8.09. The molecule has 0 spiro atoms. The van der Waals surface area contributed by atoms with Gasteiger partial charge in [0.15, 0.2) is 5.65 Å². The number of pyridine rings is 1. The van der Waals surface area contributed by atoms with E-state index in [1.807, 2.05) is 59.2 Å². The number of imidazole rings is 1. The van der Waals surface area contributed by atoms with Gasteiger partial charge >= 0.3 is 0 Å². The number of anilines is 2. The lowest BCUT2D eigenvalue weighted by molar-refractivity contribution is 0.274. The fourth-order valence-corrected chi connectivity index (χ4v) is 3.93. The molecule has 4 heterocycles. The van der Waals surface area contributed by atoms with Crippen LogP contribution >= 0.6 is 0 Å². The Hall–Kier alpha value is -4.51. The van der Waals surface area contributed by atoms with Crippen LogP contribution in [0.25, 0.3) is 22.4 Å². The lowest BCUT2D eigenvalue weighted by Crippen LogP contribution is -2.21. The molecule has 0 radical (unpaired) electrons.